The van der Waals surface area contributed by atoms with Gasteiger partial charge in [-0.05, 0) is 13.8 Å². The van der Waals surface area contributed by atoms with Crippen molar-refractivity contribution in [2.24, 2.45) is 0 Å². The lowest BCUT2D eigenvalue weighted by Crippen LogP contribution is -2.15. The first kappa shape index (κ1) is 13.0. The normalized spacial score (nSPS) is 14.5. The Morgan fingerprint density at radius 2 is 2.25 bits per heavy atom. The van der Waals surface area contributed by atoms with E-state index in [-0.39, 0.29) is 16.5 Å². The Labute approximate surface area is 98.9 Å². The number of carbonyl (C=O) groups excluding carboxylic acids is 1. The van der Waals surface area contributed by atoms with E-state index >= 15 is 0 Å². The molecule has 1 aromatic heterocycles. The number of methoxy groups -OCH3 is 1. The molecule has 6 heteroatoms. The van der Waals surface area contributed by atoms with Crippen LogP contribution >= 0.6 is 11.8 Å². The van der Waals surface area contributed by atoms with Crippen LogP contribution in [-0.4, -0.2) is 28.5 Å². The Morgan fingerprint density at radius 1 is 1.56 bits per heavy atom. The first-order valence-electron chi connectivity index (χ1n) is 5.14. The average Bonchev–Trinajstić information content (AvgIpc) is 2.76. The fraction of sp³-hybridized carbons (Fsp3) is 0.700. The van der Waals surface area contributed by atoms with Gasteiger partial charge in [-0.3, -0.25) is 4.79 Å². The molecule has 90 valence electrons. The molecule has 0 N–H and O–H groups in total. The maximum atomic E-state index is 11.2. The summed E-state index contributed by atoms with van der Waals surface area (Å²) < 4.78 is 9.75. The topological polar surface area (TPSA) is 65.2 Å². The number of rotatable bonds is 5. The molecule has 0 aliphatic carbocycles. The highest BCUT2D eigenvalue weighted by Crippen LogP contribution is 2.30. The van der Waals surface area contributed by atoms with E-state index in [1.807, 2.05) is 13.8 Å². The van der Waals surface area contributed by atoms with Gasteiger partial charge in [0.25, 0.3) is 0 Å². The summed E-state index contributed by atoms with van der Waals surface area (Å²) in [6.07, 6.45) is 0.743. The third-order valence-corrected chi connectivity index (χ3v) is 3.30. The summed E-state index contributed by atoms with van der Waals surface area (Å²) in [7, 11) is 1.38. The molecule has 0 fully saturated rings. The van der Waals surface area contributed by atoms with Gasteiger partial charge in [-0.2, -0.15) is 4.98 Å². The predicted molar refractivity (Wildman–Crippen MR) is 61.2 cm³/mol. The third kappa shape index (κ3) is 3.23. The van der Waals surface area contributed by atoms with Crippen LogP contribution in [0.5, 0.6) is 0 Å². The van der Waals surface area contributed by atoms with Gasteiger partial charge in [0.15, 0.2) is 5.82 Å². The Morgan fingerprint density at radius 3 is 2.75 bits per heavy atom. The highest BCUT2D eigenvalue weighted by Gasteiger charge is 2.21. The second-order valence-corrected chi connectivity index (χ2v) is 5.03. The van der Waals surface area contributed by atoms with Crippen molar-refractivity contribution in [1.29, 1.82) is 0 Å². The molecule has 0 aromatic carbocycles. The van der Waals surface area contributed by atoms with Crippen molar-refractivity contribution in [3.63, 3.8) is 0 Å². The summed E-state index contributed by atoms with van der Waals surface area (Å²) in [6, 6.07) is 0. The number of thioether (sulfide) groups is 1. The van der Waals surface area contributed by atoms with E-state index in [0.29, 0.717) is 11.7 Å². The quantitative estimate of drug-likeness (QED) is 0.738. The minimum Gasteiger partial charge on any atom is -0.468 e. The van der Waals surface area contributed by atoms with Gasteiger partial charge in [-0.1, -0.05) is 12.1 Å². The van der Waals surface area contributed by atoms with E-state index in [9.17, 15) is 4.79 Å². The molecular weight excluding hydrogens is 228 g/mol. The number of hydrogen-bond acceptors (Lipinski definition) is 6. The Bertz CT molecular complexity index is 354. The van der Waals surface area contributed by atoms with Gasteiger partial charge in [-0.15, -0.1) is 11.8 Å². The molecule has 2 atom stereocenters. The van der Waals surface area contributed by atoms with Crippen LogP contribution in [0.2, 0.25) is 0 Å². The summed E-state index contributed by atoms with van der Waals surface area (Å²) in [5.41, 5.74) is 0. The van der Waals surface area contributed by atoms with Gasteiger partial charge in [0.2, 0.25) is 5.89 Å². The molecule has 1 heterocycles. The number of nitrogens with zero attached hydrogens (tertiary/aromatic N) is 2. The van der Waals surface area contributed by atoms with Crippen molar-refractivity contribution in [1.82, 2.24) is 10.1 Å². The average molecular weight is 244 g/mol. The van der Waals surface area contributed by atoms with E-state index in [2.05, 4.69) is 14.9 Å². The number of esters is 1. The number of hydrogen-bond donors (Lipinski definition) is 0. The Hall–Kier alpha value is -1.04. The first-order chi connectivity index (χ1) is 7.58. The third-order valence-electron chi connectivity index (χ3n) is 2.09. The van der Waals surface area contributed by atoms with Crippen molar-refractivity contribution in [2.45, 2.75) is 37.7 Å². The minimum atomic E-state index is -0.243. The maximum Gasteiger partial charge on any atom is 0.318 e. The second kappa shape index (κ2) is 5.89. The van der Waals surface area contributed by atoms with E-state index < -0.39 is 0 Å². The summed E-state index contributed by atoms with van der Waals surface area (Å²) >= 11 is 1.44. The van der Waals surface area contributed by atoms with Gasteiger partial charge in [0.1, 0.15) is 5.25 Å². The fourth-order valence-electron chi connectivity index (χ4n) is 1.16. The minimum absolute atomic E-state index is 0.0121. The zero-order chi connectivity index (χ0) is 12.1. The zero-order valence-corrected chi connectivity index (χ0v) is 10.7. The van der Waals surface area contributed by atoms with Crippen LogP contribution in [0.4, 0.5) is 0 Å². The Balaban J connectivity index is 2.57. The number of ether oxygens (including phenoxy) is 1. The molecule has 0 saturated carbocycles. The second-order valence-electron chi connectivity index (χ2n) is 3.35. The van der Waals surface area contributed by atoms with Gasteiger partial charge >= 0.3 is 5.97 Å². The SMILES string of the molecule is CCc1noc([C@H](C)S[C@H](C)C(=O)OC)n1. The van der Waals surface area contributed by atoms with Crippen LogP contribution in [0.15, 0.2) is 4.52 Å². The van der Waals surface area contributed by atoms with Crippen LogP contribution in [-0.2, 0) is 16.0 Å². The van der Waals surface area contributed by atoms with E-state index in [1.165, 1.54) is 18.9 Å². The maximum absolute atomic E-state index is 11.2. The molecule has 0 aliphatic rings. The smallest absolute Gasteiger partial charge is 0.318 e. The van der Waals surface area contributed by atoms with Gasteiger partial charge in [0.05, 0.1) is 12.4 Å². The van der Waals surface area contributed by atoms with Crippen LogP contribution in [0.1, 0.15) is 37.7 Å². The largest absolute Gasteiger partial charge is 0.468 e. The van der Waals surface area contributed by atoms with Crippen molar-refractivity contribution >= 4 is 17.7 Å². The molecule has 0 spiro atoms. The zero-order valence-electron chi connectivity index (χ0n) is 9.89. The highest BCUT2D eigenvalue weighted by atomic mass is 32.2. The van der Waals surface area contributed by atoms with Gasteiger partial charge < -0.3 is 9.26 Å². The molecule has 16 heavy (non-hydrogen) atoms. The standard InChI is InChI=1S/C10H16N2O3S/c1-5-8-11-9(15-12-8)6(2)16-7(3)10(13)14-4/h6-7H,5H2,1-4H3/t6-,7+/m0/s1. The summed E-state index contributed by atoms with van der Waals surface area (Å²) in [5, 5.41) is 3.56. The molecular formula is C10H16N2O3S. The van der Waals surface area contributed by atoms with E-state index in [1.54, 1.807) is 6.92 Å². The number of aryl methyl sites for hydroxylation is 1. The molecule has 0 unspecified atom stereocenters. The highest BCUT2D eigenvalue weighted by molar-refractivity contribution is 8.00. The lowest BCUT2D eigenvalue weighted by molar-refractivity contribution is -0.139. The van der Waals surface area contributed by atoms with Crippen LogP contribution in [0, 0.1) is 0 Å². The van der Waals surface area contributed by atoms with E-state index in [4.69, 9.17) is 4.52 Å². The Kier molecular flexibility index (Phi) is 4.79. The van der Waals surface area contributed by atoms with Crippen LogP contribution in [0.25, 0.3) is 0 Å². The monoisotopic (exact) mass is 244 g/mol. The van der Waals surface area contributed by atoms with Crippen molar-refractivity contribution in [3.8, 4) is 0 Å². The molecule has 5 nitrogen and oxygen atoms in total. The molecule has 0 radical (unpaired) electrons. The van der Waals surface area contributed by atoms with Crippen molar-refractivity contribution in [3.05, 3.63) is 11.7 Å². The molecule has 1 rings (SSSR count). The van der Waals surface area contributed by atoms with Crippen LogP contribution in [0.3, 0.4) is 0 Å². The molecule has 1 aromatic rings. The molecule has 0 amide bonds. The predicted octanol–water partition coefficient (Wildman–Crippen LogP) is 1.99. The molecule has 0 bridgehead atoms. The first-order valence-corrected chi connectivity index (χ1v) is 6.08. The molecule has 0 aliphatic heterocycles. The lowest BCUT2D eigenvalue weighted by Gasteiger charge is -2.11. The summed E-state index contributed by atoms with van der Waals surface area (Å²) in [6.45, 7) is 5.69. The van der Waals surface area contributed by atoms with E-state index in [0.717, 1.165) is 6.42 Å². The van der Waals surface area contributed by atoms with Gasteiger partial charge in [-0.25, -0.2) is 0 Å². The summed E-state index contributed by atoms with van der Waals surface area (Å²) in [5.74, 6) is 0.998. The molecule has 0 saturated heterocycles. The van der Waals surface area contributed by atoms with Crippen LogP contribution < -0.4 is 0 Å². The van der Waals surface area contributed by atoms with Gasteiger partial charge in [0, 0.05) is 6.42 Å². The summed E-state index contributed by atoms with van der Waals surface area (Å²) in [4.78, 5) is 15.4. The number of aromatic nitrogens is 2. The van der Waals surface area contributed by atoms with Crippen molar-refractivity contribution in [2.75, 3.05) is 7.11 Å². The number of carbonyl (C=O) groups is 1. The van der Waals surface area contributed by atoms with Crippen molar-refractivity contribution < 1.29 is 14.1 Å². The fourth-order valence-corrected chi connectivity index (χ4v) is 2.19. The lowest BCUT2D eigenvalue weighted by atomic mass is 10.4.